The van der Waals surface area contributed by atoms with Gasteiger partial charge in [-0.1, -0.05) is 0 Å². The number of aromatic amines is 2. The number of aliphatic hydroxyl groups excluding tert-OH is 2. The predicted molar refractivity (Wildman–Crippen MR) is 78.8 cm³/mol. The Balaban J connectivity index is 1.93. The van der Waals surface area contributed by atoms with Crippen molar-refractivity contribution in [3.63, 3.8) is 0 Å². The summed E-state index contributed by atoms with van der Waals surface area (Å²) in [5, 5.41) is 22.4. The number of rotatable bonds is 7. The molecule has 7 nitrogen and oxygen atoms in total. The number of fused-ring (bicyclic) bond motifs is 1. The minimum atomic E-state index is -0.816. The summed E-state index contributed by atoms with van der Waals surface area (Å²) in [5.41, 5.74) is 1.68. The van der Waals surface area contributed by atoms with Crippen LogP contribution in [0.2, 0.25) is 0 Å². The van der Waals surface area contributed by atoms with E-state index in [1.165, 1.54) is 18.1 Å². The van der Waals surface area contributed by atoms with Gasteiger partial charge in [-0.3, -0.25) is 4.79 Å². The molecule has 8 heteroatoms. The lowest BCUT2D eigenvalue weighted by Gasteiger charge is -2.17. The molecule has 2 aromatic rings. The third-order valence-electron chi connectivity index (χ3n) is 3.00. The Morgan fingerprint density at radius 1 is 1.40 bits per heavy atom. The molecule has 2 aromatic heterocycles. The predicted octanol–water partition coefficient (Wildman–Crippen LogP) is -0.574. The topological polar surface area (TPSA) is 114 Å². The van der Waals surface area contributed by atoms with Gasteiger partial charge in [-0.15, -0.1) is 0 Å². The van der Waals surface area contributed by atoms with Crippen LogP contribution < -0.4 is 10.9 Å². The van der Waals surface area contributed by atoms with Crippen molar-refractivity contribution in [3.05, 3.63) is 28.4 Å². The Morgan fingerprint density at radius 3 is 2.95 bits per heavy atom. The van der Waals surface area contributed by atoms with E-state index in [4.69, 9.17) is 0 Å². The number of hydrogen-bond donors (Lipinski definition) is 5. The molecular formula is C12H18N4O3S. The smallest absolute Gasteiger partial charge is 0.275 e. The lowest BCUT2D eigenvalue weighted by atomic mass is 10.2. The van der Waals surface area contributed by atoms with Crippen molar-refractivity contribution in [2.75, 3.05) is 18.6 Å². The molecule has 0 unspecified atom stereocenters. The van der Waals surface area contributed by atoms with Crippen LogP contribution in [0.25, 0.3) is 11.0 Å². The first-order valence-electron chi connectivity index (χ1n) is 6.23. The summed E-state index contributed by atoms with van der Waals surface area (Å²) in [7, 11) is 0. The number of hydrogen-bond acceptors (Lipinski definition) is 6. The Labute approximate surface area is 119 Å². The van der Waals surface area contributed by atoms with Gasteiger partial charge in [-0.25, -0.2) is 4.98 Å². The van der Waals surface area contributed by atoms with Crippen LogP contribution in [-0.2, 0) is 6.54 Å². The van der Waals surface area contributed by atoms with Crippen LogP contribution in [0.4, 0.5) is 0 Å². The third kappa shape index (κ3) is 3.40. The molecule has 0 amide bonds. The molecule has 0 bridgehead atoms. The van der Waals surface area contributed by atoms with Gasteiger partial charge in [0.05, 0.1) is 24.1 Å². The Kier molecular flexibility index (Phi) is 5.18. The first kappa shape index (κ1) is 15.0. The maximum Gasteiger partial charge on any atom is 0.275 e. The zero-order valence-electron chi connectivity index (χ0n) is 11.1. The second-order valence-corrected chi connectivity index (χ2v) is 5.40. The van der Waals surface area contributed by atoms with Gasteiger partial charge >= 0.3 is 0 Å². The second-order valence-electron chi connectivity index (χ2n) is 4.49. The van der Waals surface area contributed by atoms with Crippen LogP contribution in [0.3, 0.4) is 0 Å². The molecule has 5 N–H and O–H groups in total. The van der Waals surface area contributed by atoms with Crippen molar-refractivity contribution in [1.29, 1.82) is 0 Å². The molecule has 20 heavy (non-hydrogen) atoms. The molecule has 0 spiro atoms. The van der Waals surface area contributed by atoms with Gasteiger partial charge < -0.3 is 25.5 Å². The first-order valence-corrected chi connectivity index (χ1v) is 7.62. The maximum atomic E-state index is 11.5. The van der Waals surface area contributed by atoms with Crippen molar-refractivity contribution in [2.24, 2.45) is 0 Å². The van der Waals surface area contributed by atoms with E-state index in [1.54, 1.807) is 6.20 Å². The van der Waals surface area contributed by atoms with E-state index in [9.17, 15) is 15.0 Å². The number of nitrogens with zero attached hydrogens (tertiary/aromatic N) is 1. The molecule has 0 aliphatic heterocycles. The molecule has 0 saturated heterocycles. The van der Waals surface area contributed by atoms with E-state index in [1.807, 2.05) is 6.26 Å². The Bertz CT molecular complexity index is 612. The van der Waals surface area contributed by atoms with E-state index < -0.39 is 12.2 Å². The molecule has 0 fully saturated rings. The number of nitrogens with one attached hydrogen (secondary N) is 3. The fourth-order valence-corrected chi connectivity index (χ4v) is 2.48. The highest BCUT2D eigenvalue weighted by Gasteiger charge is 2.15. The van der Waals surface area contributed by atoms with Crippen molar-refractivity contribution in [1.82, 2.24) is 20.3 Å². The summed E-state index contributed by atoms with van der Waals surface area (Å²) in [6, 6.07) is 0. The zero-order valence-corrected chi connectivity index (χ0v) is 11.9. The minimum absolute atomic E-state index is 0.211. The highest BCUT2D eigenvalue weighted by molar-refractivity contribution is 7.98. The lowest BCUT2D eigenvalue weighted by Crippen LogP contribution is -2.37. The lowest BCUT2D eigenvalue weighted by molar-refractivity contribution is 0.0347. The van der Waals surface area contributed by atoms with Crippen LogP contribution in [0, 0.1) is 0 Å². The van der Waals surface area contributed by atoms with E-state index in [0.29, 0.717) is 23.3 Å². The van der Waals surface area contributed by atoms with Crippen LogP contribution in [-0.4, -0.2) is 55.9 Å². The fraction of sp³-hybridized carbons (Fsp3) is 0.500. The van der Waals surface area contributed by atoms with E-state index in [-0.39, 0.29) is 12.1 Å². The monoisotopic (exact) mass is 298 g/mol. The van der Waals surface area contributed by atoms with Crippen molar-refractivity contribution in [2.45, 2.75) is 18.8 Å². The molecule has 0 aromatic carbocycles. The molecule has 0 aliphatic carbocycles. The van der Waals surface area contributed by atoms with E-state index in [0.717, 1.165) is 5.56 Å². The van der Waals surface area contributed by atoms with Gasteiger partial charge in [-0.05, 0) is 6.26 Å². The number of thioether (sulfide) groups is 1. The van der Waals surface area contributed by atoms with Gasteiger partial charge in [0.25, 0.3) is 5.56 Å². The van der Waals surface area contributed by atoms with Gasteiger partial charge in [0.15, 0.2) is 0 Å². The molecule has 110 valence electrons. The Morgan fingerprint density at radius 2 is 2.20 bits per heavy atom. The summed E-state index contributed by atoms with van der Waals surface area (Å²) in [5.74, 6) is 0.493. The van der Waals surface area contributed by atoms with Gasteiger partial charge in [0.2, 0.25) is 0 Å². The number of aliphatic hydroxyl groups is 2. The average Bonchev–Trinajstić information content (AvgIpc) is 2.84. The summed E-state index contributed by atoms with van der Waals surface area (Å²) in [6.07, 6.45) is 3.38. The van der Waals surface area contributed by atoms with Crippen LogP contribution in [0.15, 0.2) is 17.3 Å². The summed E-state index contributed by atoms with van der Waals surface area (Å²) in [6.45, 7) is 0.733. The zero-order chi connectivity index (χ0) is 14.5. The van der Waals surface area contributed by atoms with Crippen molar-refractivity contribution in [3.8, 4) is 0 Å². The van der Waals surface area contributed by atoms with Gasteiger partial charge in [-0.2, -0.15) is 11.8 Å². The van der Waals surface area contributed by atoms with E-state index >= 15 is 0 Å². The first-order chi connectivity index (χ1) is 9.63. The molecule has 2 atom stereocenters. The van der Waals surface area contributed by atoms with Gasteiger partial charge in [0.1, 0.15) is 5.52 Å². The molecule has 0 saturated carbocycles. The molecular weight excluding hydrogens is 280 g/mol. The summed E-state index contributed by atoms with van der Waals surface area (Å²) in [4.78, 5) is 21.0. The largest absolute Gasteiger partial charge is 0.390 e. The normalized spacial score (nSPS) is 14.6. The third-order valence-corrected chi connectivity index (χ3v) is 3.67. The molecule has 2 heterocycles. The second kappa shape index (κ2) is 6.89. The van der Waals surface area contributed by atoms with Crippen molar-refractivity contribution >= 4 is 22.8 Å². The molecule has 0 radical (unpaired) electrons. The average molecular weight is 298 g/mol. The Hall–Kier alpha value is -1.35. The number of aromatic nitrogens is 3. The standard InChI is InChI=1S/C12H18N4O3S/c1-20-5-9(18)8(17)4-13-2-7-3-14-11-10(7)15-6-16-12(11)19/h3,6,8-9,13-14,17-18H,2,4-5H2,1H3,(H,15,16,19)/t8-,9-/m0/s1. The quantitative estimate of drug-likeness (QED) is 0.467. The van der Waals surface area contributed by atoms with Gasteiger partial charge in [0, 0.05) is 30.6 Å². The van der Waals surface area contributed by atoms with Crippen molar-refractivity contribution < 1.29 is 10.2 Å². The van der Waals surface area contributed by atoms with Crippen LogP contribution in [0.1, 0.15) is 5.56 Å². The summed E-state index contributed by atoms with van der Waals surface area (Å²) >= 11 is 1.48. The van der Waals surface area contributed by atoms with Crippen LogP contribution >= 0.6 is 11.8 Å². The highest BCUT2D eigenvalue weighted by Crippen LogP contribution is 2.11. The molecule has 2 rings (SSSR count). The fourth-order valence-electron chi connectivity index (χ4n) is 1.91. The maximum absolute atomic E-state index is 11.5. The summed E-state index contributed by atoms with van der Waals surface area (Å²) < 4.78 is 0. The molecule has 0 aliphatic rings. The number of H-pyrrole nitrogens is 2. The van der Waals surface area contributed by atoms with Crippen LogP contribution in [0.5, 0.6) is 0 Å². The van der Waals surface area contributed by atoms with E-state index in [2.05, 4.69) is 20.3 Å². The minimum Gasteiger partial charge on any atom is -0.390 e. The SMILES string of the molecule is CSC[C@H](O)[C@@H](O)CNCc1c[nH]c2c(=O)[nH]cnc12. The highest BCUT2D eigenvalue weighted by atomic mass is 32.2.